The van der Waals surface area contributed by atoms with E-state index < -0.39 is 0 Å². The molecular weight excluding hydrogens is 230 g/mol. The number of ether oxygens (including phenoxy) is 1. The molecule has 0 unspecified atom stereocenters. The lowest BCUT2D eigenvalue weighted by Gasteiger charge is -2.16. The number of carbonyl (C=O) groups is 1. The molecule has 1 aromatic rings. The fourth-order valence-corrected chi connectivity index (χ4v) is 1.43. The van der Waals surface area contributed by atoms with Gasteiger partial charge < -0.3 is 20.7 Å². The van der Waals surface area contributed by atoms with Crippen LogP contribution in [0.3, 0.4) is 0 Å². The molecule has 1 rings (SSSR count). The van der Waals surface area contributed by atoms with E-state index in [2.05, 4.69) is 5.32 Å². The molecule has 18 heavy (non-hydrogen) atoms. The molecule has 1 amide bonds. The van der Waals surface area contributed by atoms with Gasteiger partial charge in [0.1, 0.15) is 5.75 Å². The Morgan fingerprint density at radius 1 is 1.44 bits per heavy atom. The standard InChI is InChI=1S/C13H21N3O2/c1-9(2)15-13(17)8-18-12-7-10(16(3)4)5-6-11(12)14/h5-7,9H,8,14H2,1-4H3,(H,15,17). The normalized spacial score (nSPS) is 10.3. The van der Waals surface area contributed by atoms with Crippen molar-refractivity contribution in [1.82, 2.24) is 5.32 Å². The third-order valence-electron chi connectivity index (χ3n) is 2.32. The molecule has 100 valence electrons. The van der Waals surface area contributed by atoms with Gasteiger partial charge in [0.25, 0.3) is 5.91 Å². The number of amides is 1. The monoisotopic (exact) mass is 251 g/mol. The van der Waals surface area contributed by atoms with Crippen LogP contribution in [-0.4, -0.2) is 32.7 Å². The second-order valence-corrected chi connectivity index (χ2v) is 4.63. The first-order chi connectivity index (χ1) is 8.40. The van der Waals surface area contributed by atoms with E-state index in [4.69, 9.17) is 10.5 Å². The summed E-state index contributed by atoms with van der Waals surface area (Å²) in [7, 11) is 3.86. The van der Waals surface area contributed by atoms with E-state index in [1.807, 2.05) is 45.0 Å². The summed E-state index contributed by atoms with van der Waals surface area (Å²) in [6, 6.07) is 5.59. The molecule has 0 saturated carbocycles. The molecule has 5 nitrogen and oxygen atoms in total. The van der Waals surface area contributed by atoms with Crippen molar-refractivity contribution >= 4 is 17.3 Å². The van der Waals surface area contributed by atoms with Gasteiger partial charge >= 0.3 is 0 Å². The van der Waals surface area contributed by atoms with Crippen LogP contribution in [-0.2, 0) is 4.79 Å². The average molecular weight is 251 g/mol. The number of hydrogen-bond acceptors (Lipinski definition) is 4. The number of nitrogens with zero attached hydrogens (tertiary/aromatic N) is 1. The highest BCUT2D eigenvalue weighted by Gasteiger charge is 2.08. The molecule has 0 radical (unpaired) electrons. The molecular formula is C13H21N3O2. The quantitative estimate of drug-likeness (QED) is 0.773. The number of nitrogens with two attached hydrogens (primary N) is 1. The Labute approximate surface area is 108 Å². The average Bonchev–Trinajstić information content (AvgIpc) is 2.26. The second kappa shape index (κ2) is 6.14. The summed E-state index contributed by atoms with van der Waals surface area (Å²) >= 11 is 0. The predicted molar refractivity (Wildman–Crippen MR) is 74.0 cm³/mol. The third-order valence-corrected chi connectivity index (χ3v) is 2.32. The van der Waals surface area contributed by atoms with Gasteiger partial charge in [0.05, 0.1) is 5.69 Å². The number of nitrogen functional groups attached to an aromatic ring is 1. The molecule has 0 heterocycles. The Kier molecular flexibility index (Phi) is 4.83. The first-order valence-electron chi connectivity index (χ1n) is 5.89. The van der Waals surface area contributed by atoms with E-state index in [-0.39, 0.29) is 18.6 Å². The lowest BCUT2D eigenvalue weighted by Crippen LogP contribution is -2.34. The molecule has 0 saturated heterocycles. The van der Waals surface area contributed by atoms with E-state index in [1.165, 1.54) is 0 Å². The van der Waals surface area contributed by atoms with Crippen molar-refractivity contribution in [1.29, 1.82) is 0 Å². The maximum absolute atomic E-state index is 11.5. The molecule has 0 aliphatic rings. The zero-order valence-corrected chi connectivity index (χ0v) is 11.4. The fraction of sp³-hybridized carbons (Fsp3) is 0.462. The number of benzene rings is 1. The van der Waals surface area contributed by atoms with E-state index >= 15 is 0 Å². The van der Waals surface area contributed by atoms with Crippen LogP contribution < -0.4 is 20.7 Å². The van der Waals surface area contributed by atoms with Crippen molar-refractivity contribution < 1.29 is 9.53 Å². The van der Waals surface area contributed by atoms with E-state index in [0.29, 0.717) is 11.4 Å². The maximum atomic E-state index is 11.5. The summed E-state index contributed by atoms with van der Waals surface area (Å²) in [4.78, 5) is 13.4. The van der Waals surface area contributed by atoms with Crippen LogP contribution in [0.2, 0.25) is 0 Å². The summed E-state index contributed by atoms with van der Waals surface area (Å²) < 4.78 is 5.43. The van der Waals surface area contributed by atoms with Crippen LogP contribution in [0.5, 0.6) is 5.75 Å². The van der Waals surface area contributed by atoms with Gasteiger partial charge in [-0.3, -0.25) is 4.79 Å². The molecule has 0 bridgehead atoms. The SMILES string of the molecule is CC(C)NC(=O)COc1cc(N(C)C)ccc1N. The predicted octanol–water partition coefficient (Wildman–Crippen LogP) is 1.24. The van der Waals surface area contributed by atoms with E-state index in [9.17, 15) is 4.79 Å². The Balaban J connectivity index is 2.66. The van der Waals surface area contributed by atoms with E-state index in [0.717, 1.165) is 5.69 Å². The molecule has 0 fully saturated rings. The molecule has 0 aromatic heterocycles. The lowest BCUT2D eigenvalue weighted by molar-refractivity contribution is -0.123. The number of hydrogen-bond donors (Lipinski definition) is 2. The van der Waals surface area contributed by atoms with Gasteiger partial charge in [0.15, 0.2) is 6.61 Å². The molecule has 3 N–H and O–H groups in total. The molecule has 0 aliphatic carbocycles. The minimum atomic E-state index is -0.153. The van der Waals surface area contributed by atoms with Crippen molar-refractivity contribution in [3.63, 3.8) is 0 Å². The number of rotatable bonds is 5. The van der Waals surface area contributed by atoms with Gasteiger partial charge in [-0.25, -0.2) is 0 Å². The highest BCUT2D eigenvalue weighted by atomic mass is 16.5. The first kappa shape index (κ1) is 14.2. The zero-order chi connectivity index (χ0) is 13.7. The summed E-state index contributed by atoms with van der Waals surface area (Å²) in [6.45, 7) is 3.77. The Morgan fingerprint density at radius 2 is 2.11 bits per heavy atom. The Bertz CT molecular complexity index is 417. The highest BCUT2D eigenvalue weighted by molar-refractivity contribution is 5.78. The van der Waals surface area contributed by atoms with Crippen LogP contribution >= 0.6 is 0 Å². The maximum Gasteiger partial charge on any atom is 0.258 e. The molecule has 0 spiro atoms. The third kappa shape index (κ3) is 4.16. The van der Waals surface area contributed by atoms with Gasteiger partial charge in [-0.05, 0) is 26.0 Å². The number of nitrogens with one attached hydrogen (secondary N) is 1. The van der Waals surface area contributed by atoms with Crippen LogP contribution in [0.1, 0.15) is 13.8 Å². The largest absolute Gasteiger partial charge is 0.482 e. The topological polar surface area (TPSA) is 67.6 Å². The minimum absolute atomic E-state index is 0.0285. The Hall–Kier alpha value is -1.91. The molecule has 0 aliphatic heterocycles. The fourth-order valence-electron chi connectivity index (χ4n) is 1.43. The van der Waals surface area contributed by atoms with Gasteiger partial charge in [-0.1, -0.05) is 0 Å². The summed E-state index contributed by atoms with van der Waals surface area (Å²) in [5, 5.41) is 2.75. The number of carbonyl (C=O) groups excluding carboxylic acids is 1. The minimum Gasteiger partial charge on any atom is -0.482 e. The first-order valence-corrected chi connectivity index (χ1v) is 5.89. The van der Waals surface area contributed by atoms with Crippen molar-refractivity contribution in [2.45, 2.75) is 19.9 Å². The molecule has 0 atom stereocenters. The van der Waals surface area contributed by atoms with Crippen LogP contribution in [0.25, 0.3) is 0 Å². The van der Waals surface area contributed by atoms with Crippen LogP contribution in [0.15, 0.2) is 18.2 Å². The Morgan fingerprint density at radius 3 is 2.67 bits per heavy atom. The lowest BCUT2D eigenvalue weighted by atomic mass is 10.2. The molecule has 5 heteroatoms. The summed E-state index contributed by atoms with van der Waals surface area (Å²) in [6.07, 6.45) is 0. The van der Waals surface area contributed by atoms with Crippen LogP contribution in [0.4, 0.5) is 11.4 Å². The van der Waals surface area contributed by atoms with E-state index in [1.54, 1.807) is 6.07 Å². The molecule has 1 aromatic carbocycles. The highest BCUT2D eigenvalue weighted by Crippen LogP contribution is 2.26. The van der Waals surface area contributed by atoms with Crippen molar-refractivity contribution in [2.75, 3.05) is 31.3 Å². The smallest absolute Gasteiger partial charge is 0.258 e. The number of anilines is 2. The van der Waals surface area contributed by atoms with Crippen LogP contribution in [0, 0.1) is 0 Å². The summed E-state index contributed by atoms with van der Waals surface area (Å²) in [5.41, 5.74) is 7.30. The van der Waals surface area contributed by atoms with Crippen molar-refractivity contribution in [3.8, 4) is 5.75 Å². The zero-order valence-electron chi connectivity index (χ0n) is 11.4. The van der Waals surface area contributed by atoms with Gasteiger partial charge in [-0.15, -0.1) is 0 Å². The van der Waals surface area contributed by atoms with Gasteiger partial charge in [0, 0.05) is 31.9 Å². The summed E-state index contributed by atoms with van der Waals surface area (Å²) in [5.74, 6) is 0.375. The van der Waals surface area contributed by atoms with Gasteiger partial charge in [-0.2, -0.15) is 0 Å². The second-order valence-electron chi connectivity index (χ2n) is 4.63. The van der Waals surface area contributed by atoms with Crippen molar-refractivity contribution in [3.05, 3.63) is 18.2 Å². The van der Waals surface area contributed by atoms with Gasteiger partial charge in [0.2, 0.25) is 0 Å². The van der Waals surface area contributed by atoms with Crippen molar-refractivity contribution in [2.24, 2.45) is 0 Å².